The molecular weight excluding hydrogens is 312 g/mol. The average Bonchev–Trinajstić information content (AvgIpc) is 2.06. The van der Waals surface area contributed by atoms with E-state index in [0.29, 0.717) is 5.92 Å². The monoisotopic (exact) mass is 330 g/mol. The van der Waals surface area contributed by atoms with Crippen LogP contribution < -0.4 is 0 Å². The van der Waals surface area contributed by atoms with Crippen molar-refractivity contribution in [2.75, 3.05) is 0 Å². The van der Waals surface area contributed by atoms with Gasteiger partial charge in [0, 0.05) is 4.32 Å². The molecule has 0 amide bonds. The number of aliphatic carboxylic acids is 2. The number of carboxylic acid groups (broad SMARTS) is 2. The lowest BCUT2D eigenvalue weighted by atomic mass is 9.43. The van der Waals surface area contributed by atoms with E-state index in [1.54, 1.807) is 0 Å². The van der Waals surface area contributed by atoms with E-state index in [1.165, 1.54) is 0 Å². The zero-order valence-corrected chi connectivity index (χ0v) is 12.4. The van der Waals surface area contributed by atoms with Crippen LogP contribution in [0.15, 0.2) is 0 Å². The quantitative estimate of drug-likeness (QED) is 0.777. The van der Waals surface area contributed by atoms with Gasteiger partial charge in [-0.05, 0) is 55.3 Å². The van der Waals surface area contributed by atoms with Crippen LogP contribution in [0.3, 0.4) is 0 Å². The Morgan fingerprint density at radius 3 is 1.79 bits per heavy atom. The summed E-state index contributed by atoms with van der Waals surface area (Å²) >= 11 is 3.82. The summed E-state index contributed by atoms with van der Waals surface area (Å²) in [6, 6.07) is 0. The van der Waals surface area contributed by atoms with Crippen LogP contribution in [0.1, 0.15) is 51.4 Å². The molecule has 0 saturated heterocycles. The van der Waals surface area contributed by atoms with Crippen LogP contribution in [-0.2, 0) is 9.59 Å². The Morgan fingerprint density at radius 1 is 0.947 bits per heavy atom. The van der Waals surface area contributed by atoms with Gasteiger partial charge in [-0.2, -0.15) is 0 Å². The van der Waals surface area contributed by atoms with Gasteiger partial charge in [0.15, 0.2) is 0 Å². The third-order valence-electron chi connectivity index (χ3n) is 5.28. The summed E-state index contributed by atoms with van der Waals surface area (Å²) < 4.78 is -0.0166. The maximum absolute atomic E-state index is 11.2. The molecule has 106 valence electrons. The first-order valence-corrected chi connectivity index (χ1v) is 7.66. The number of hydrogen-bond acceptors (Lipinski definition) is 2. The van der Waals surface area contributed by atoms with E-state index in [0.717, 1.165) is 38.5 Å². The first-order valence-electron chi connectivity index (χ1n) is 6.87. The van der Waals surface area contributed by atoms with E-state index >= 15 is 0 Å². The second-order valence-corrected chi connectivity index (χ2v) is 8.98. The van der Waals surface area contributed by atoms with Crippen LogP contribution in [0.2, 0.25) is 0 Å². The van der Waals surface area contributed by atoms with Crippen molar-refractivity contribution in [1.82, 2.24) is 0 Å². The number of rotatable bonds is 4. The molecule has 2 atom stereocenters. The molecule has 0 aromatic carbocycles. The zero-order chi connectivity index (χ0) is 13.9. The third kappa shape index (κ3) is 2.30. The lowest BCUT2D eigenvalue weighted by molar-refractivity contribution is -0.156. The first kappa shape index (κ1) is 13.4. The molecular formula is C14H19BrO4. The SMILES string of the molecule is O=C(O)CC12CC3CC(Br)(C1)CC(CC(=O)O)(C3)C2. The molecule has 4 aliphatic rings. The predicted octanol–water partition coefficient (Wildman–Crippen LogP) is 3.04. The number of hydrogen-bond donors (Lipinski definition) is 2. The van der Waals surface area contributed by atoms with E-state index in [1.807, 2.05) is 0 Å². The summed E-state index contributed by atoms with van der Waals surface area (Å²) in [4.78, 5) is 22.4. The van der Waals surface area contributed by atoms with Crippen molar-refractivity contribution in [3.05, 3.63) is 0 Å². The van der Waals surface area contributed by atoms with Crippen molar-refractivity contribution in [3.63, 3.8) is 0 Å². The van der Waals surface area contributed by atoms with Crippen LogP contribution >= 0.6 is 15.9 Å². The van der Waals surface area contributed by atoms with Crippen molar-refractivity contribution in [1.29, 1.82) is 0 Å². The summed E-state index contributed by atoms with van der Waals surface area (Å²) in [6.45, 7) is 0. The van der Waals surface area contributed by atoms with Gasteiger partial charge >= 0.3 is 11.9 Å². The molecule has 5 heteroatoms. The first-order chi connectivity index (χ1) is 8.74. The molecule has 19 heavy (non-hydrogen) atoms. The van der Waals surface area contributed by atoms with Gasteiger partial charge in [0.25, 0.3) is 0 Å². The van der Waals surface area contributed by atoms with Gasteiger partial charge in [0.2, 0.25) is 0 Å². The molecule has 4 fully saturated rings. The van der Waals surface area contributed by atoms with Gasteiger partial charge in [-0.3, -0.25) is 9.59 Å². The highest BCUT2D eigenvalue weighted by atomic mass is 79.9. The van der Waals surface area contributed by atoms with Crippen molar-refractivity contribution in [2.45, 2.75) is 55.7 Å². The van der Waals surface area contributed by atoms with E-state index in [-0.39, 0.29) is 28.0 Å². The van der Waals surface area contributed by atoms with Crippen molar-refractivity contribution in [2.24, 2.45) is 16.7 Å². The lowest BCUT2D eigenvalue weighted by Crippen LogP contribution is -2.58. The number of alkyl halides is 1. The van der Waals surface area contributed by atoms with E-state index < -0.39 is 11.9 Å². The van der Waals surface area contributed by atoms with E-state index in [9.17, 15) is 19.8 Å². The fourth-order valence-corrected chi connectivity index (χ4v) is 7.40. The molecule has 4 rings (SSSR count). The van der Waals surface area contributed by atoms with Crippen molar-refractivity contribution in [3.8, 4) is 0 Å². The van der Waals surface area contributed by atoms with Gasteiger partial charge in [-0.25, -0.2) is 0 Å². The van der Waals surface area contributed by atoms with Gasteiger partial charge in [-0.1, -0.05) is 15.9 Å². The Hall–Kier alpha value is -0.580. The Morgan fingerprint density at radius 2 is 1.42 bits per heavy atom. The highest BCUT2D eigenvalue weighted by Crippen LogP contribution is 2.70. The van der Waals surface area contributed by atoms with Crippen LogP contribution in [-0.4, -0.2) is 26.5 Å². The zero-order valence-electron chi connectivity index (χ0n) is 10.8. The van der Waals surface area contributed by atoms with Crippen molar-refractivity contribution < 1.29 is 19.8 Å². The Bertz CT molecular complexity index is 415. The molecule has 0 spiro atoms. The molecule has 0 aliphatic heterocycles. The minimum Gasteiger partial charge on any atom is -0.481 e. The topological polar surface area (TPSA) is 74.6 Å². The fourth-order valence-electron chi connectivity index (χ4n) is 5.75. The fraction of sp³-hybridized carbons (Fsp3) is 0.857. The normalized spacial score (nSPS) is 47.3. The highest BCUT2D eigenvalue weighted by Gasteiger charge is 2.63. The maximum atomic E-state index is 11.2. The van der Waals surface area contributed by atoms with Gasteiger partial charge < -0.3 is 10.2 Å². The largest absolute Gasteiger partial charge is 0.481 e. The minimum atomic E-state index is -0.747. The molecule has 4 nitrogen and oxygen atoms in total. The summed E-state index contributed by atoms with van der Waals surface area (Å²) in [5, 5.41) is 18.4. The third-order valence-corrected chi connectivity index (χ3v) is 6.17. The van der Waals surface area contributed by atoms with Crippen LogP contribution in [0.4, 0.5) is 0 Å². The predicted molar refractivity (Wildman–Crippen MR) is 72.2 cm³/mol. The summed E-state index contributed by atoms with van der Waals surface area (Å²) in [5.41, 5.74) is -0.353. The van der Waals surface area contributed by atoms with Gasteiger partial charge in [-0.15, -0.1) is 0 Å². The second kappa shape index (κ2) is 3.96. The maximum Gasteiger partial charge on any atom is 0.303 e. The average molecular weight is 331 g/mol. The Balaban J connectivity index is 1.94. The molecule has 4 saturated carbocycles. The number of carboxylic acids is 2. The number of halogens is 1. The van der Waals surface area contributed by atoms with Gasteiger partial charge in [0.05, 0.1) is 12.8 Å². The second-order valence-electron chi connectivity index (χ2n) is 7.30. The molecule has 2 unspecified atom stereocenters. The Kier molecular flexibility index (Phi) is 2.80. The smallest absolute Gasteiger partial charge is 0.303 e. The molecule has 4 aliphatic carbocycles. The van der Waals surface area contributed by atoms with E-state index in [4.69, 9.17) is 0 Å². The Labute approximate surface area is 120 Å². The summed E-state index contributed by atoms with van der Waals surface area (Å²) in [7, 11) is 0. The lowest BCUT2D eigenvalue weighted by Gasteiger charge is -2.65. The molecule has 0 heterocycles. The van der Waals surface area contributed by atoms with Crippen LogP contribution in [0.25, 0.3) is 0 Å². The summed E-state index contributed by atoms with van der Waals surface area (Å²) in [5.74, 6) is -0.999. The molecule has 2 N–H and O–H groups in total. The van der Waals surface area contributed by atoms with Gasteiger partial charge in [0.1, 0.15) is 0 Å². The molecule has 4 bridgehead atoms. The number of carbonyl (C=O) groups is 2. The van der Waals surface area contributed by atoms with Crippen molar-refractivity contribution >= 4 is 27.9 Å². The summed E-state index contributed by atoms with van der Waals surface area (Å²) in [6.07, 6.45) is 5.96. The van der Waals surface area contributed by atoms with Crippen LogP contribution in [0.5, 0.6) is 0 Å². The van der Waals surface area contributed by atoms with E-state index in [2.05, 4.69) is 15.9 Å². The molecule has 0 aromatic rings. The standard InChI is InChI=1S/C14H19BrO4/c15-14-3-9-1-12(7-14,4-10(16)17)6-13(2-9,8-14)5-11(18)19/h9H,1-8H2,(H,16,17)(H,18,19). The molecule has 0 aromatic heterocycles. The molecule has 0 radical (unpaired) electrons. The van der Waals surface area contributed by atoms with Crippen LogP contribution in [0, 0.1) is 16.7 Å². The minimum absolute atomic E-state index is 0.0166. The highest BCUT2D eigenvalue weighted by molar-refractivity contribution is 9.10.